The van der Waals surface area contributed by atoms with Gasteiger partial charge in [-0.25, -0.2) is 2.51 Å². The minimum Gasteiger partial charge on any atom is -0.248 e. The molecule has 0 atom stereocenters. The molecule has 0 aliphatic carbocycles. The van der Waals surface area contributed by atoms with E-state index in [-0.39, 0.29) is 0 Å². The average Bonchev–Trinajstić information content (AvgIpc) is 1.37. The first kappa shape index (κ1) is 5.04. The molecule has 0 saturated carbocycles. The van der Waals surface area contributed by atoms with E-state index in [1.807, 2.05) is 29.3 Å². The normalized spacial score (nSPS) is 7.50. The largest absolute Gasteiger partial charge is 0.248 e. The fraction of sp³-hybridized carbons (Fsp3) is 1.00. The first-order valence-corrected chi connectivity index (χ1v) is 2.76. The second-order valence-corrected chi connectivity index (χ2v) is 1.77. The number of halogens is 1. The Balaban J connectivity index is 1.97. The van der Waals surface area contributed by atoms with Crippen LogP contribution in [-0.4, -0.2) is 6.26 Å². The summed E-state index contributed by atoms with van der Waals surface area (Å²) >= 11 is 3.16. The molecule has 3 heteroatoms. The highest BCUT2D eigenvalue weighted by Crippen LogP contribution is 1.98. The molecule has 0 aliphatic rings. The van der Waals surface area contributed by atoms with Gasteiger partial charge in [-0.05, 0) is 0 Å². The average molecular weight is 190 g/mol. The predicted octanol–water partition coefficient (Wildman–Crippen LogP) is 1.63. The van der Waals surface area contributed by atoms with E-state index in [4.69, 9.17) is 0 Å². The Hall–Kier alpha value is 1.04. The lowest BCUT2D eigenvalue weighted by Crippen LogP contribution is -1.37. The van der Waals surface area contributed by atoms with Gasteiger partial charge in [0.15, 0.2) is 0 Å². The second-order valence-electron chi connectivity index (χ2n) is 0.230. The lowest BCUT2D eigenvalue weighted by molar-refractivity contribution is 0.848. The van der Waals surface area contributed by atoms with Crippen LogP contribution in [0.1, 0.15) is 0 Å². The molecule has 0 aliphatic heterocycles. The molecule has 1 nitrogen and oxygen atoms in total. The molecule has 0 spiro atoms. The number of hydrogen-bond donors (Lipinski definition) is 0. The van der Waals surface area contributed by atoms with Crippen LogP contribution < -0.4 is 0 Å². The minimum atomic E-state index is 1.34. The van der Waals surface area contributed by atoms with Crippen molar-refractivity contribution in [3.8, 4) is 0 Å². The molecule has 0 heterocycles. The zero-order valence-electron chi connectivity index (χ0n) is 2.19. The molecule has 0 aromatic heterocycles. The van der Waals surface area contributed by atoms with Crippen LogP contribution in [0, 0.1) is 0 Å². The molecule has 0 N–H and O–H groups in total. The van der Waals surface area contributed by atoms with Gasteiger partial charge in [-0.2, -0.15) is 0 Å². The summed E-state index contributed by atoms with van der Waals surface area (Å²) < 4.78 is 4.43. The molecule has 0 bridgehead atoms. The maximum absolute atomic E-state index is 4.43. The predicted molar refractivity (Wildman–Crippen MR) is 28.6 cm³/mol. The SMILES string of the molecule is CSOI. The third-order valence-electron chi connectivity index (χ3n) is 0.0630. The van der Waals surface area contributed by atoms with E-state index in [9.17, 15) is 0 Å². The van der Waals surface area contributed by atoms with E-state index in [1.165, 1.54) is 12.0 Å². The van der Waals surface area contributed by atoms with E-state index < -0.39 is 0 Å². The van der Waals surface area contributed by atoms with Gasteiger partial charge in [-0.3, -0.25) is 0 Å². The standard InChI is InChI=1S/CH3IOS/c1-4-3-2/h1H3. The molecule has 0 amide bonds. The van der Waals surface area contributed by atoms with Gasteiger partial charge in [0.25, 0.3) is 0 Å². The molecule has 26 valence electrons. The molecule has 0 rings (SSSR count). The zero-order chi connectivity index (χ0) is 3.41. The molecular weight excluding hydrogens is 187 g/mol. The van der Waals surface area contributed by atoms with Crippen molar-refractivity contribution >= 4 is 35.0 Å². The van der Waals surface area contributed by atoms with Crippen LogP contribution in [0.25, 0.3) is 0 Å². The fourth-order valence-electron chi connectivity index (χ4n) is 0. The van der Waals surface area contributed by atoms with E-state index in [0.717, 1.165) is 0 Å². The summed E-state index contributed by atoms with van der Waals surface area (Å²) in [5.41, 5.74) is 0. The summed E-state index contributed by atoms with van der Waals surface area (Å²) in [6, 6.07) is 0. The summed E-state index contributed by atoms with van der Waals surface area (Å²) in [6.45, 7) is 0. The van der Waals surface area contributed by atoms with Gasteiger partial charge in [-0.1, -0.05) is 0 Å². The summed E-state index contributed by atoms with van der Waals surface area (Å²) in [4.78, 5) is 0. The van der Waals surface area contributed by atoms with E-state index in [0.29, 0.717) is 0 Å². The van der Waals surface area contributed by atoms with Crippen molar-refractivity contribution in [2.75, 3.05) is 6.26 Å². The van der Waals surface area contributed by atoms with Crippen molar-refractivity contribution in [2.45, 2.75) is 0 Å². The van der Waals surface area contributed by atoms with E-state index in [2.05, 4.69) is 2.51 Å². The topological polar surface area (TPSA) is 9.23 Å². The molecule has 0 aromatic rings. The molecule has 0 aromatic carbocycles. The van der Waals surface area contributed by atoms with Crippen molar-refractivity contribution in [3.63, 3.8) is 0 Å². The fourth-order valence-corrected chi connectivity index (χ4v) is 0. The van der Waals surface area contributed by atoms with Gasteiger partial charge in [0.1, 0.15) is 23.0 Å². The van der Waals surface area contributed by atoms with Crippen LogP contribution in [0.5, 0.6) is 0 Å². The Labute approximate surface area is 44.0 Å². The van der Waals surface area contributed by atoms with Gasteiger partial charge in [0, 0.05) is 18.3 Å². The van der Waals surface area contributed by atoms with Crippen molar-refractivity contribution in [1.82, 2.24) is 0 Å². The van der Waals surface area contributed by atoms with Crippen molar-refractivity contribution < 1.29 is 2.51 Å². The minimum absolute atomic E-state index is 1.34. The lowest BCUT2D eigenvalue weighted by Gasteiger charge is -1.70. The van der Waals surface area contributed by atoms with Gasteiger partial charge >= 0.3 is 0 Å². The smallest absolute Gasteiger partial charge is 0.127 e. The van der Waals surface area contributed by atoms with Gasteiger partial charge in [0.05, 0.1) is 0 Å². The van der Waals surface area contributed by atoms with Crippen LogP contribution in [-0.2, 0) is 2.51 Å². The Morgan fingerprint density at radius 3 is 2.25 bits per heavy atom. The van der Waals surface area contributed by atoms with E-state index in [1.54, 1.807) is 0 Å². The molecule has 4 heavy (non-hydrogen) atoms. The first-order chi connectivity index (χ1) is 1.91. The van der Waals surface area contributed by atoms with Crippen molar-refractivity contribution in [1.29, 1.82) is 0 Å². The Morgan fingerprint density at radius 1 is 2.00 bits per heavy atom. The van der Waals surface area contributed by atoms with Gasteiger partial charge < -0.3 is 0 Å². The Bertz CT molecular complexity index is 10.0. The maximum atomic E-state index is 4.43. The van der Waals surface area contributed by atoms with Crippen LogP contribution in [0.3, 0.4) is 0 Å². The van der Waals surface area contributed by atoms with Gasteiger partial charge in [-0.15, -0.1) is 0 Å². The third kappa shape index (κ3) is 3.04. The summed E-state index contributed by atoms with van der Waals surface area (Å²) in [7, 11) is 0. The van der Waals surface area contributed by atoms with Crippen LogP contribution in [0.4, 0.5) is 0 Å². The van der Waals surface area contributed by atoms with Crippen LogP contribution >= 0.6 is 35.0 Å². The zero-order valence-corrected chi connectivity index (χ0v) is 5.17. The Morgan fingerprint density at radius 2 is 2.25 bits per heavy atom. The highest BCUT2D eigenvalue weighted by atomic mass is 127. The van der Waals surface area contributed by atoms with Gasteiger partial charge in [0.2, 0.25) is 0 Å². The van der Waals surface area contributed by atoms with Crippen molar-refractivity contribution in [3.05, 3.63) is 0 Å². The number of hydrogen-bond acceptors (Lipinski definition) is 2. The molecule has 0 unspecified atom stereocenters. The number of rotatable bonds is 1. The molecule has 0 fully saturated rings. The quantitative estimate of drug-likeness (QED) is 0.459. The summed E-state index contributed by atoms with van der Waals surface area (Å²) in [5.74, 6) is 0. The second kappa shape index (κ2) is 4.04. The van der Waals surface area contributed by atoms with Crippen LogP contribution in [0.2, 0.25) is 0 Å². The summed E-state index contributed by atoms with van der Waals surface area (Å²) in [5, 5.41) is 0. The molecular formula is CH3IOS. The van der Waals surface area contributed by atoms with Crippen molar-refractivity contribution in [2.24, 2.45) is 0 Å². The van der Waals surface area contributed by atoms with Crippen LogP contribution in [0.15, 0.2) is 0 Å². The maximum Gasteiger partial charge on any atom is 0.127 e. The lowest BCUT2D eigenvalue weighted by atomic mass is 12.0. The monoisotopic (exact) mass is 190 g/mol. The molecule has 0 radical (unpaired) electrons. The third-order valence-corrected chi connectivity index (χ3v) is 1.27. The molecule has 0 saturated heterocycles. The Kier molecular flexibility index (Phi) is 5.09. The first-order valence-electron chi connectivity index (χ1n) is 0.729. The summed E-state index contributed by atoms with van der Waals surface area (Å²) in [6.07, 6.45) is 1.87. The van der Waals surface area contributed by atoms with E-state index >= 15 is 0 Å². The highest BCUT2D eigenvalue weighted by molar-refractivity contribution is 14.1. The highest BCUT2D eigenvalue weighted by Gasteiger charge is 1.56.